The Morgan fingerprint density at radius 2 is 1.88 bits per heavy atom. The summed E-state index contributed by atoms with van der Waals surface area (Å²) in [5, 5.41) is 3.06. The lowest BCUT2D eigenvalue weighted by Crippen LogP contribution is -2.45. The molecule has 0 radical (unpaired) electrons. The SMILES string of the molecule is CC(C)(C)CC(C)(C)NC(=O)c1ccc(Cl)s1. The zero-order chi connectivity index (χ0) is 13.3. The zero-order valence-electron chi connectivity index (χ0n) is 11.1. The molecule has 1 rings (SSSR count). The first-order valence-corrected chi connectivity index (χ1v) is 6.86. The Morgan fingerprint density at radius 1 is 1.29 bits per heavy atom. The van der Waals surface area contributed by atoms with Crippen molar-refractivity contribution in [2.24, 2.45) is 5.41 Å². The first kappa shape index (κ1) is 14.5. The van der Waals surface area contributed by atoms with Crippen molar-refractivity contribution in [3.8, 4) is 0 Å². The quantitative estimate of drug-likeness (QED) is 0.872. The van der Waals surface area contributed by atoms with Crippen LogP contribution in [0.4, 0.5) is 0 Å². The van der Waals surface area contributed by atoms with Gasteiger partial charge in [-0.05, 0) is 37.8 Å². The number of hydrogen-bond acceptors (Lipinski definition) is 2. The second-order valence-electron chi connectivity index (χ2n) is 6.18. The summed E-state index contributed by atoms with van der Waals surface area (Å²) in [5.41, 5.74) is -0.0321. The molecule has 1 aromatic rings. The summed E-state index contributed by atoms with van der Waals surface area (Å²) in [6, 6.07) is 3.51. The number of hydrogen-bond donors (Lipinski definition) is 1. The average Bonchev–Trinajstić information content (AvgIpc) is 2.45. The Morgan fingerprint density at radius 3 is 2.29 bits per heavy atom. The summed E-state index contributed by atoms with van der Waals surface area (Å²) < 4.78 is 0.642. The van der Waals surface area contributed by atoms with Crippen molar-refractivity contribution in [3.05, 3.63) is 21.3 Å². The lowest BCUT2D eigenvalue weighted by Gasteiger charge is -2.33. The molecule has 2 nitrogen and oxygen atoms in total. The van der Waals surface area contributed by atoms with E-state index in [2.05, 4.69) is 26.1 Å². The topological polar surface area (TPSA) is 29.1 Å². The normalized spacial score (nSPS) is 12.6. The number of carbonyl (C=O) groups is 1. The van der Waals surface area contributed by atoms with Crippen LogP contribution in [-0.2, 0) is 0 Å². The van der Waals surface area contributed by atoms with Gasteiger partial charge in [0.05, 0.1) is 9.21 Å². The highest BCUT2D eigenvalue weighted by Gasteiger charge is 2.27. The second kappa shape index (κ2) is 4.99. The van der Waals surface area contributed by atoms with Crippen LogP contribution >= 0.6 is 22.9 Å². The van der Waals surface area contributed by atoms with Gasteiger partial charge in [-0.25, -0.2) is 0 Å². The van der Waals surface area contributed by atoms with Gasteiger partial charge in [0.25, 0.3) is 5.91 Å². The molecule has 4 heteroatoms. The fourth-order valence-electron chi connectivity index (χ4n) is 2.18. The summed E-state index contributed by atoms with van der Waals surface area (Å²) in [6.07, 6.45) is 0.921. The molecule has 0 bridgehead atoms. The van der Waals surface area contributed by atoms with Gasteiger partial charge in [0.15, 0.2) is 0 Å². The average molecular weight is 274 g/mol. The maximum absolute atomic E-state index is 12.0. The van der Waals surface area contributed by atoms with E-state index in [0.29, 0.717) is 9.21 Å². The van der Waals surface area contributed by atoms with Gasteiger partial charge < -0.3 is 5.32 Å². The highest BCUT2D eigenvalue weighted by molar-refractivity contribution is 7.18. The van der Waals surface area contributed by atoms with Gasteiger partial charge in [-0.1, -0.05) is 32.4 Å². The molecular weight excluding hydrogens is 254 g/mol. The Hall–Kier alpha value is -0.540. The molecular formula is C13H20ClNOS. The molecule has 0 aliphatic heterocycles. The van der Waals surface area contributed by atoms with Crippen LogP contribution in [-0.4, -0.2) is 11.4 Å². The second-order valence-corrected chi connectivity index (χ2v) is 7.89. The fraction of sp³-hybridized carbons (Fsp3) is 0.615. The van der Waals surface area contributed by atoms with Crippen LogP contribution in [0.1, 0.15) is 50.7 Å². The van der Waals surface area contributed by atoms with Crippen LogP contribution in [0.5, 0.6) is 0 Å². The number of nitrogens with one attached hydrogen (secondary N) is 1. The highest BCUT2D eigenvalue weighted by atomic mass is 35.5. The molecule has 0 aliphatic carbocycles. The van der Waals surface area contributed by atoms with E-state index in [1.807, 2.05) is 13.8 Å². The molecule has 1 N–H and O–H groups in total. The zero-order valence-corrected chi connectivity index (χ0v) is 12.6. The van der Waals surface area contributed by atoms with Gasteiger partial charge in [-0.2, -0.15) is 0 Å². The van der Waals surface area contributed by atoms with E-state index in [4.69, 9.17) is 11.6 Å². The predicted molar refractivity (Wildman–Crippen MR) is 74.9 cm³/mol. The van der Waals surface area contributed by atoms with Crippen molar-refractivity contribution in [1.29, 1.82) is 0 Å². The number of thiophene rings is 1. The first-order chi connectivity index (χ1) is 7.59. The van der Waals surface area contributed by atoms with Gasteiger partial charge in [-0.3, -0.25) is 4.79 Å². The van der Waals surface area contributed by atoms with Gasteiger partial charge >= 0.3 is 0 Å². The lowest BCUT2D eigenvalue weighted by atomic mass is 9.82. The number of rotatable bonds is 3. The summed E-state index contributed by atoms with van der Waals surface area (Å²) in [4.78, 5) is 12.7. The fourth-order valence-corrected chi connectivity index (χ4v) is 3.11. The van der Waals surface area contributed by atoms with Crippen molar-refractivity contribution in [2.75, 3.05) is 0 Å². The van der Waals surface area contributed by atoms with E-state index in [1.54, 1.807) is 12.1 Å². The molecule has 0 atom stereocenters. The van der Waals surface area contributed by atoms with Gasteiger partial charge in [-0.15, -0.1) is 11.3 Å². The molecule has 1 heterocycles. The van der Waals surface area contributed by atoms with Crippen molar-refractivity contribution in [2.45, 2.75) is 46.6 Å². The molecule has 0 spiro atoms. The van der Waals surface area contributed by atoms with E-state index in [0.717, 1.165) is 6.42 Å². The maximum atomic E-state index is 12.0. The monoisotopic (exact) mass is 273 g/mol. The van der Waals surface area contributed by atoms with Crippen LogP contribution in [0, 0.1) is 5.41 Å². The van der Waals surface area contributed by atoms with E-state index in [9.17, 15) is 4.79 Å². The van der Waals surface area contributed by atoms with Gasteiger partial charge in [0.2, 0.25) is 0 Å². The molecule has 0 aromatic carbocycles. The molecule has 0 aliphatic rings. The summed E-state index contributed by atoms with van der Waals surface area (Å²) in [5.74, 6) is -0.0452. The van der Waals surface area contributed by atoms with Crippen molar-refractivity contribution >= 4 is 28.8 Å². The minimum absolute atomic E-state index is 0.0452. The maximum Gasteiger partial charge on any atom is 0.261 e. The van der Waals surface area contributed by atoms with E-state index in [1.165, 1.54) is 11.3 Å². The Labute approximate surface area is 112 Å². The molecule has 0 unspecified atom stereocenters. The Bertz CT molecular complexity index is 404. The number of amides is 1. The van der Waals surface area contributed by atoms with E-state index < -0.39 is 0 Å². The summed E-state index contributed by atoms with van der Waals surface area (Å²) in [7, 11) is 0. The number of carbonyl (C=O) groups excluding carboxylic acids is 1. The molecule has 1 aromatic heterocycles. The van der Waals surface area contributed by atoms with Crippen molar-refractivity contribution in [1.82, 2.24) is 5.32 Å². The van der Waals surface area contributed by atoms with Crippen molar-refractivity contribution in [3.63, 3.8) is 0 Å². The molecule has 96 valence electrons. The predicted octanol–water partition coefficient (Wildman–Crippen LogP) is 4.35. The summed E-state index contributed by atoms with van der Waals surface area (Å²) in [6.45, 7) is 10.6. The largest absolute Gasteiger partial charge is 0.346 e. The van der Waals surface area contributed by atoms with Crippen LogP contribution in [0.15, 0.2) is 12.1 Å². The molecule has 0 saturated carbocycles. The van der Waals surface area contributed by atoms with Crippen molar-refractivity contribution < 1.29 is 4.79 Å². The van der Waals surface area contributed by atoms with Crippen LogP contribution in [0.3, 0.4) is 0 Å². The Balaban J connectivity index is 2.68. The number of halogens is 1. The Kier molecular flexibility index (Phi) is 4.26. The van der Waals surface area contributed by atoms with E-state index >= 15 is 0 Å². The van der Waals surface area contributed by atoms with Crippen LogP contribution < -0.4 is 5.32 Å². The summed E-state index contributed by atoms with van der Waals surface area (Å²) >= 11 is 7.13. The third-order valence-electron chi connectivity index (χ3n) is 2.22. The molecule has 0 saturated heterocycles. The smallest absolute Gasteiger partial charge is 0.261 e. The molecule has 1 amide bonds. The van der Waals surface area contributed by atoms with Crippen LogP contribution in [0.2, 0.25) is 4.34 Å². The lowest BCUT2D eigenvalue weighted by molar-refractivity contribution is 0.0895. The highest BCUT2D eigenvalue weighted by Crippen LogP contribution is 2.28. The molecule has 0 fully saturated rings. The third kappa shape index (κ3) is 5.09. The standard InChI is InChI=1S/C13H20ClNOS/c1-12(2,3)8-13(4,5)15-11(16)9-6-7-10(14)17-9/h6-7H,8H2,1-5H3,(H,15,16). The van der Waals surface area contributed by atoms with Crippen LogP contribution in [0.25, 0.3) is 0 Å². The van der Waals surface area contributed by atoms with Gasteiger partial charge in [0.1, 0.15) is 0 Å². The van der Waals surface area contributed by atoms with Gasteiger partial charge in [0, 0.05) is 5.54 Å². The minimum Gasteiger partial charge on any atom is -0.346 e. The molecule has 17 heavy (non-hydrogen) atoms. The third-order valence-corrected chi connectivity index (χ3v) is 3.45. The minimum atomic E-state index is -0.216. The first-order valence-electron chi connectivity index (χ1n) is 5.67. The van der Waals surface area contributed by atoms with E-state index in [-0.39, 0.29) is 16.9 Å².